The van der Waals surface area contributed by atoms with E-state index < -0.39 is 0 Å². The highest BCUT2D eigenvalue weighted by molar-refractivity contribution is 7.98. The molecule has 0 heterocycles. The summed E-state index contributed by atoms with van der Waals surface area (Å²) >= 11 is 1.55. The summed E-state index contributed by atoms with van der Waals surface area (Å²) in [7, 11) is 0. The lowest BCUT2D eigenvalue weighted by Gasteiger charge is -2.05. The van der Waals surface area contributed by atoms with Crippen molar-refractivity contribution in [3.8, 4) is 0 Å². The van der Waals surface area contributed by atoms with Crippen LogP contribution in [0, 0.1) is 0 Å². The number of hydrogen-bond acceptors (Lipinski definition) is 4. The Morgan fingerprint density at radius 2 is 2.07 bits per heavy atom. The molecule has 0 bridgehead atoms. The minimum absolute atomic E-state index is 0.0397. The molecule has 0 saturated carbocycles. The monoisotopic (exact) mass is 220 g/mol. The van der Waals surface area contributed by atoms with Crippen LogP contribution in [0.4, 0.5) is 0 Å². The Morgan fingerprint density at radius 3 is 2.64 bits per heavy atom. The Kier molecular flexibility index (Phi) is 8.36. The lowest BCUT2D eigenvalue weighted by atomic mass is 10.4. The molecule has 82 valence electrons. The third-order valence-electron chi connectivity index (χ3n) is 1.31. The van der Waals surface area contributed by atoms with Crippen molar-refractivity contribution in [3.05, 3.63) is 0 Å². The smallest absolute Gasteiger partial charge is 0.222 e. The second kappa shape index (κ2) is 8.83. The van der Waals surface area contributed by atoms with E-state index in [0.29, 0.717) is 18.9 Å². The van der Waals surface area contributed by atoms with Crippen LogP contribution in [0.1, 0.15) is 13.3 Å². The number of carbonyl (C=O) groups is 2. The molecule has 0 aliphatic carbocycles. The van der Waals surface area contributed by atoms with Crippen LogP contribution in [0.2, 0.25) is 0 Å². The highest BCUT2D eigenvalue weighted by atomic mass is 32.2. The van der Waals surface area contributed by atoms with E-state index in [9.17, 15) is 9.59 Å². The van der Waals surface area contributed by atoms with Crippen molar-refractivity contribution in [2.45, 2.75) is 13.3 Å². The Labute approximate surface area is 88.0 Å². The molecule has 0 aromatic carbocycles. The quantitative estimate of drug-likeness (QED) is 0.465. The summed E-state index contributed by atoms with van der Waals surface area (Å²) in [6.45, 7) is 1.89. The number of ether oxygens (including phenoxy) is 1. The number of carbonyl (C=O) groups excluding carboxylic acids is 2. The van der Waals surface area contributed by atoms with Crippen LogP contribution >= 0.6 is 11.8 Å². The Balaban J connectivity index is 3.19. The zero-order chi connectivity index (χ0) is 10.8. The molecule has 0 spiro atoms. The maximum atomic E-state index is 11.0. The Morgan fingerprint density at radius 1 is 1.36 bits per heavy atom. The van der Waals surface area contributed by atoms with E-state index in [0.717, 1.165) is 0 Å². The molecule has 6 heteroatoms. The lowest BCUT2D eigenvalue weighted by Crippen LogP contribution is -2.26. The zero-order valence-electron chi connectivity index (χ0n) is 8.46. The van der Waals surface area contributed by atoms with Gasteiger partial charge >= 0.3 is 0 Å². The summed E-state index contributed by atoms with van der Waals surface area (Å²) in [5, 5.41) is 5.15. The van der Waals surface area contributed by atoms with Gasteiger partial charge in [0, 0.05) is 6.92 Å². The van der Waals surface area contributed by atoms with Gasteiger partial charge in [-0.1, -0.05) is 0 Å². The molecule has 0 atom stereocenters. The topological polar surface area (TPSA) is 67.4 Å². The Hall–Kier alpha value is -0.750. The van der Waals surface area contributed by atoms with Crippen LogP contribution < -0.4 is 10.6 Å². The summed E-state index contributed by atoms with van der Waals surface area (Å²) in [5.74, 6) is 0.434. The summed E-state index contributed by atoms with van der Waals surface area (Å²) in [6, 6.07) is 0. The van der Waals surface area contributed by atoms with Crippen molar-refractivity contribution in [3.63, 3.8) is 0 Å². The van der Waals surface area contributed by atoms with Crippen molar-refractivity contribution in [1.29, 1.82) is 0 Å². The van der Waals surface area contributed by atoms with E-state index in [1.807, 2.05) is 6.26 Å². The predicted molar refractivity (Wildman–Crippen MR) is 55.8 cm³/mol. The molecule has 0 aliphatic rings. The largest absolute Gasteiger partial charge is 0.361 e. The second-order valence-electron chi connectivity index (χ2n) is 2.57. The van der Waals surface area contributed by atoms with Gasteiger partial charge in [0.1, 0.15) is 6.73 Å². The maximum absolute atomic E-state index is 11.0. The third-order valence-corrected chi connectivity index (χ3v) is 1.74. The van der Waals surface area contributed by atoms with Crippen molar-refractivity contribution in [2.75, 3.05) is 25.5 Å². The first-order valence-electron chi connectivity index (χ1n) is 4.24. The van der Waals surface area contributed by atoms with Gasteiger partial charge < -0.3 is 15.4 Å². The average Bonchev–Trinajstić information content (AvgIpc) is 2.13. The van der Waals surface area contributed by atoms with E-state index in [2.05, 4.69) is 10.6 Å². The Bertz CT molecular complexity index is 187. The van der Waals surface area contributed by atoms with Gasteiger partial charge in [-0.05, 0) is 6.26 Å². The first kappa shape index (κ1) is 13.2. The van der Waals surface area contributed by atoms with E-state index in [4.69, 9.17) is 4.74 Å². The molecule has 5 nitrogen and oxygen atoms in total. The number of rotatable bonds is 7. The van der Waals surface area contributed by atoms with Crippen molar-refractivity contribution in [1.82, 2.24) is 10.6 Å². The maximum Gasteiger partial charge on any atom is 0.222 e. The third kappa shape index (κ3) is 9.34. The normalized spacial score (nSPS) is 9.57. The standard InChI is InChI=1S/C8H16N2O3S/c1-7(11)9-5-13-4-3-8(12)10-6-14-2/h3-6H2,1-2H3,(H,9,11)(H,10,12). The van der Waals surface area contributed by atoms with Crippen molar-refractivity contribution < 1.29 is 14.3 Å². The molecular formula is C8H16N2O3S. The van der Waals surface area contributed by atoms with Crippen LogP contribution in [0.25, 0.3) is 0 Å². The molecule has 0 radical (unpaired) electrons. The first-order chi connectivity index (χ1) is 6.66. The van der Waals surface area contributed by atoms with Gasteiger partial charge in [0.05, 0.1) is 18.9 Å². The van der Waals surface area contributed by atoms with Crippen molar-refractivity contribution in [2.24, 2.45) is 0 Å². The van der Waals surface area contributed by atoms with Crippen LogP contribution in [0.15, 0.2) is 0 Å². The molecule has 0 aliphatic heterocycles. The SMILES string of the molecule is CSCNC(=O)CCOCNC(C)=O. The molecular weight excluding hydrogens is 204 g/mol. The number of nitrogens with one attached hydrogen (secondary N) is 2. The highest BCUT2D eigenvalue weighted by Gasteiger charge is 1.99. The fraction of sp³-hybridized carbons (Fsp3) is 0.750. The van der Waals surface area contributed by atoms with Gasteiger partial charge in [-0.25, -0.2) is 0 Å². The number of amides is 2. The highest BCUT2D eigenvalue weighted by Crippen LogP contribution is 1.88. The summed E-state index contributed by atoms with van der Waals surface area (Å²) in [5.41, 5.74) is 0. The second-order valence-corrected chi connectivity index (χ2v) is 3.43. The van der Waals surface area contributed by atoms with Gasteiger partial charge in [0.2, 0.25) is 11.8 Å². The first-order valence-corrected chi connectivity index (χ1v) is 5.64. The molecule has 0 fully saturated rings. The van der Waals surface area contributed by atoms with Gasteiger partial charge in [0.25, 0.3) is 0 Å². The van der Waals surface area contributed by atoms with Gasteiger partial charge in [-0.2, -0.15) is 0 Å². The molecule has 14 heavy (non-hydrogen) atoms. The average molecular weight is 220 g/mol. The van der Waals surface area contributed by atoms with E-state index >= 15 is 0 Å². The van der Waals surface area contributed by atoms with Crippen LogP contribution in [0.3, 0.4) is 0 Å². The summed E-state index contributed by atoms with van der Waals surface area (Å²) < 4.78 is 5.00. The summed E-state index contributed by atoms with van der Waals surface area (Å²) in [6.07, 6.45) is 2.23. The van der Waals surface area contributed by atoms with E-state index in [-0.39, 0.29) is 18.5 Å². The van der Waals surface area contributed by atoms with E-state index in [1.54, 1.807) is 11.8 Å². The van der Waals surface area contributed by atoms with Crippen molar-refractivity contribution >= 4 is 23.6 Å². The summed E-state index contributed by atoms with van der Waals surface area (Å²) in [4.78, 5) is 21.4. The fourth-order valence-electron chi connectivity index (χ4n) is 0.631. The van der Waals surface area contributed by atoms with Crippen LogP contribution in [0.5, 0.6) is 0 Å². The number of thioether (sulfide) groups is 1. The molecule has 0 saturated heterocycles. The van der Waals surface area contributed by atoms with Crippen LogP contribution in [-0.2, 0) is 14.3 Å². The molecule has 0 aromatic rings. The van der Waals surface area contributed by atoms with Crippen LogP contribution in [-0.4, -0.2) is 37.3 Å². The van der Waals surface area contributed by atoms with Gasteiger partial charge in [0.15, 0.2) is 0 Å². The molecule has 0 aromatic heterocycles. The molecule has 2 amide bonds. The van der Waals surface area contributed by atoms with E-state index in [1.165, 1.54) is 6.92 Å². The molecule has 0 unspecified atom stereocenters. The fourth-order valence-corrected chi connectivity index (χ4v) is 0.936. The molecule has 2 N–H and O–H groups in total. The predicted octanol–water partition coefficient (Wildman–Crippen LogP) is -0.0766. The van der Waals surface area contributed by atoms with Gasteiger partial charge in [-0.3, -0.25) is 9.59 Å². The minimum atomic E-state index is -0.142. The number of hydrogen-bond donors (Lipinski definition) is 2. The lowest BCUT2D eigenvalue weighted by molar-refractivity contribution is -0.122. The zero-order valence-corrected chi connectivity index (χ0v) is 9.28. The van der Waals surface area contributed by atoms with Gasteiger partial charge in [-0.15, -0.1) is 11.8 Å². The molecule has 0 rings (SSSR count). The minimum Gasteiger partial charge on any atom is -0.361 e.